The first-order valence-corrected chi connectivity index (χ1v) is 8.98. The van der Waals surface area contributed by atoms with Crippen LogP contribution in [-0.2, 0) is 0 Å². The smallest absolute Gasteiger partial charge is 0.269 e. The second-order valence-corrected chi connectivity index (χ2v) is 6.81. The third kappa shape index (κ3) is 6.38. The first-order valence-electron chi connectivity index (χ1n) is 8.57. The predicted molar refractivity (Wildman–Crippen MR) is 109 cm³/mol. The lowest BCUT2D eigenvalue weighted by molar-refractivity contribution is 0.0934. The van der Waals surface area contributed by atoms with Gasteiger partial charge >= 0.3 is 0 Å². The summed E-state index contributed by atoms with van der Waals surface area (Å²) in [5.74, 6) is 0.405. The highest BCUT2D eigenvalue weighted by atomic mass is 32.1. The first kappa shape index (κ1) is 20.4. The third-order valence-corrected chi connectivity index (χ3v) is 3.81. The number of carbonyl (C=O) groups is 2. The lowest BCUT2D eigenvalue weighted by Crippen LogP contribution is -2.48. The van der Waals surface area contributed by atoms with Crippen LogP contribution in [0.1, 0.15) is 40.1 Å². The number of rotatable bonds is 5. The molecule has 0 aliphatic rings. The van der Waals surface area contributed by atoms with Crippen LogP contribution in [0, 0.1) is 12.8 Å². The molecule has 0 saturated carbocycles. The molecule has 3 N–H and O–H groups in total. The van der Waals surface area contributed by atoms with Gasteiger partial charge < -0.3 is 4.74 Å². The molecule has 0 atom stereocenters. The highest BCUT2D eigenvalue weighted by Crippen LogP contribution is 2.13. The maximum atomic E-state index is 12.2. The maximum Gasteiger partial charge on any atom is 0.269 e. The molecule has 0 saturated heterocycles. The minimum absolute atomic E-state index is 0.00192. The molecule has 2 rings (SSSR count). The zero-order valence-corrected chi connectivity index (χ0v) is 16.4. The van der Waals surface area contributed by atoms with Crippen LogP contribution in [0.25, 0.3) is 0 Å². The molecule has 0 aliphatic carbocycles. The van der Waals surface area contributed by atoms with Gasteiger partial charge in [-0.1, -0.05) is 32.0 Å². The van der Waals surface area contributed by atoms with Crippen LogP contribution in [0.15, 0.2) is 48.5 Å². The van der Waals surface area contributed by atoms with Gasteiger partial charge in [-0.2, -0.15) is 0 Å². The lowest BCUT2D eigenvalue weighted by Gasteiger charge is -2.12. The monoisotopic (exact) mass is 385 g/mol. The van der Waals surface area contributed by atoms with E-state index < -0.39 is 0 Å². The van der Waals surface area contributed by atoms with Crippen LogP contribution in [-0.4, -0.2) is 23.5 Å². The molecule has 0 bridgehead atoms. The molecular weight excluding hydrogens is 362 g/mol. The minimum atomic E-state index is -0.381. The van der Waals surface area contributed by atoms with Crippen LogP contribution < -0.4 is 20.9 Å². The molecular formula is C20H23N3O3S. The Kier molecular flexibility index (Phi) is 7.31. The zero-order valence-electron chi connectivity index (χ0n) is 15.5. The van der Waals surface area contributed by atoms with E-state index in [-0.39, 0.29) is 16.9 Å². The van der Waals surface area contributed by atoms with Crippen molar-refractivity contribution >= 4 is 29.1 Å². The number of thiocarbonyl (C=S) groups is 1. The molecule has 0 unspecified atom stereocenters. The largest absolute Gasteiger partial charge is 0.493 e. The molecule has 27 heavy (non-hydrogen) atoms. The van der Waals surface area contributed by atoms with Crippen LogP contribution >= 0.6 is 12.2 Å². The van der Waals surface area contributed by atoms with Gasteiger partial charge in [-0.25, -0.2) is 0 Å². The fourth-order valence-corrected chi connectivity index (χ4v) is 2.32. The number of aryl methyl sites for hydroxylation is 1. The van der Waals surface area contributed by atoms with Gasteiger partial charge in [-0.05, 0) is 61.0 Å². The lowest BCUT2D eigenvalue weighted by atomic mass is 10.1. The van der Waals surface area contributed by atoms with Gasteiger partial charge in [0.15, 0.2) is 5.11 Å². The standard InChI is InChI=1S/C20H23N3O3S/c1-13(2)12-26-16-10-8-15(9-11-16)18(24)21-20(27)23-22-19(25)17-7-5-4-6-14(17)3/h4-11,13H,12H2,1-3H3,(H,22,25)(H2,21,23,24,27). The normalized spacial score (nSPS) is 10.2. The molecule has 2 aromatic carbocycles. The molecule has 0 aliphatic heterocycles. The Morgan fingerprint density at radius 1 is 1.00 bits per heavy atom. The van der Waals surface area contributed by atoms with Gasteiger partial charge in [0, 0.05) is 11.1 Å². The number of hydrazine groups is 1. The Bertz CT molecular complexity index is 819. The Morgan fingerprint density at radius 3 is 2.30 bits per heavy atom. The number of amides is 2. The summed E-state index contributed by atoms with van der Waals surface area (Å²) >= 11 is 5.05. The topological polar surface area (TPSA) is 79.5 Å². The highest BCUT2D eigenvalue weighted by molar-refractivity contribution is 7.80. The van der Waals surface area contributed by atoms with Gasteiger partial charge in [-0.3, -0.25) is 25.8 Å². The van der Waals surface area contributed by atoms with Crippen molar-refractivity contribution in [1.82, 2.24) is 16.2 Å². The van der Waals surface area contributed by atoms with E-state index in [1.165, 1.54) is 0 Å². The number of nitrogens with one attached hydrogen (secondary N) is 3. The summed E-state index contributed by atoms with van der Waals surface area (Å²) in [6, 6.07) is 13.9. The summed E-state index contributed by atoms with van der Waals surface area (Å²) in [6.45, 7) is 6.57. The van der Waals surface area contributed by atoms with Crippen LogP contribution in [0.5, 0.6) is 5.75 Å². The fraction of sp³-hybridized carbons (Fsp3) is 0.250. The van der Waals surface area contributed by atoms with Crippen molar-refractivity contribution in [2.75, 3.05) is 6.61 Å². The van der Waals surface area contributed by atoms with Crippen molar-refractivity contribution in [1.29, 1.82) is 0 Å². The van der Waals surface area contributed by atoms with Crippen molar-refractivity contribution < 1.29 is 14.3 Å². The van der Waals surface area contributed by atoms with E-state index in [0.29, 0.717) is 29.4 Å². The van der Waals surface area contributed by atoms with Gasteiger partial charge in [0.2, 0.25) is 0 Å². The Hall–Kier alpha value is -2.93. The van der Waals surface area contributed by atoms with E-state index in [1.807, 2.05) is 19.1 Å². The van der Waals surface area contributed by atoms with Crippen molar-refractivity contribution in [3.8, 4) is 5.75 Å². The number of hydrogen-bond donors (Lipinski definition) is 3. The molecule has 6 nitrogen and oxygen atoms in total. The summed E-state index contributed by atoms with van der Waals surface area (Å²) in [4.78, 5) is 24.3. The van der Waals surface area contributed by atoms with Gasteiger partial charge in [0.1, 0.15) is 5.75 Å². The first-order chi connectivity index (χ1) is 12.9. The quantitative estimate of drug-likeness (QED) is 0.545. The highest BCUT2D eigenvalue weighted by Gasteiger charge is 2.11. The number of benzene rings is 2. The fourth-order valence-electron chi connectivity index (χ4n) is 2.18. The average molecular weight is 385 g/mol. The second kappa shape index (κ2) is 9.68. The predicted octanol–water partition coefficient (Wildman–Crippen LogP) is 2.98. The maximum absolute atomic E-state index is 12.2. The van der Waals surface area contributed by atoms with Crippen LogP contribution in [0.2, 0.25) is 0 Å². The van der Waals surface area contributed by atoms with Crippen molar-refractivity contribution in [3.05, 3.63) is 65.2 Å². The molecule has 0 radical (unpaired) electrons. The van der Waals surface area contributed by atoms with E-state index in [0.717, 1.165) is 5.56 Å². The second-order valence-electron chi connectivity index (χ2n) is 6.41. The van der Waals surface area contributed by atoms with E-state index in [2.05, 4.69) is 30.0 Å². The van der Waals surface area contributed by atoms with Gasteiger partial charge in [-0.15, -0.1) is 0 Å². The minimum Gasteiger partial charge on any atom is -0.493 e. The molecule has 0 heterocycles. The van der Waals surface area contributed by atoms with Crippen molar-refractivity contribution in [3.63, 3.8) is 0 Å². The molecule has 2 aromatic rings. The summed E-state index contributed by atoms with van der Waals surface area (Å²) in [7, 11) is 0. The number of carbonyl (C=O) groups excluding carboxylic acids is 2. The van der Waals surface area contributed by atoms with Crippen molar-refractivity contribution in [2.24, 2.45) is 5.92 Å². The summed E-state index contributed by atoms with van der Waals surface area (Å²) in [5, 5.41) is 2.52. The molecule has 0 spiro atoms. The zero-order chi connectivity index (χ0) is 19.8. The molecule has 0 fully saturated rings. The van der Waals surface area contributed by atoms with Gasteiger partial charge in [0.05, 0.1) is 6.61 Å². The van der Waals surface area contributed by atoms with Crippen LogP contribution in [0.3, 0.4) is 0 Å². The van der Waals surface area contributed by atoms with E-state index in [4.69, 9.17) is 17.0 Å². The van der Waals surface area contributed by atoms with E-state index >= 15 is 0 Å². The number of ether oxygens (including phenoxy) is 1. The molecule has 0 aromatic heterocycles. The Morgan fingerprint density at radius 2 is 1.67 bits per heavy atom. The Labute approximate surface area is 164 Å². The Balaban J connectivity index is 1.84. The van der Waals surface area contributed by atoms with E-state index in [9.17, 15) is 9.59 Å². The third-order valence-electron chi connectivity index (χ3n) is 3.61. The average Bonchev–Trinajstić information content (AvgIpc) is 2.65. The summed E-state index contributed by atoms with van der Waals surface area (Å²) in [5.41, 5.74) is 6.79. The van der Waals surface area contributed by atoms with Gasteiger partial charge in [0.25, 0.3) is 11.8 Å². The van der Waals surface area contributed by atoms with Crippen molar-refractivity contribution in [2.45, 2.75) is 20.8 Å². The number of hydrogen-bond acceptors (Lipinski definition) is 4. The summed E-state index contributed by atoms with van der Waals surface area (Å²) in [6.07, 6.45) is 0. The SMILES string of the molecule is Cc1ccccc1C(=O)NNC(=S)NC(=O)c1ccc(OCC(C)C)cc1. The molecule has 7 heteroatoms. The molecule has 142 valence electrons. The van der Waals surface area contributed by atoms with E-state index in [1.54, 1.807) is 36.4 Å². The summed E-state index contributed by atoms with van der Waals surface area (Å²) < 4.78 is 5.58. The molecule has 2 amide bonds. The van der Waals surface area contributed by atoms with Crippen LogP contribution in [0.4, 0.5) is 0 Å².